The van der Waals surface area contributed by atoms with Gasteiger partial charge in [0.05, 0.1) is 24.3 Å². The van der Waals surface area contributed by atoms with Gasteiger partial charge in [-0.25, -0.2) is 0 Å². The summed E-state index contributed by atoms with van der Waals surface area (Å²) < 4.78 is 44.7. The molecule has 5 heteroatoms. The van der Waals surface area contributed by atoms with Crippen molar-refractivity contribution in [1.82, 2.24) is 0 Å². The smallest absolute Gasteiger partial charge is 0.371 e. The molecule has 3 aromatic carbocycles. The molecule has 0 unspecified atom stereocenters. The predicted molar refractivity (Wildman–Crippen MR) is 103 cm³/mol. The lowest BCUT2D eigenvalue weighted by Crippen LogP contribution is -2.25. The lowest BCUT2D eigenvalue weighted by atomic mass is 10.0. The molecule has 2 atom stereocenters. The molecular formula is C23H20F3NO. The van der Waals surface area contributed by atoms with Crippen LogP contribution < -0.4 is 5.73 Å². The van der Waals surface area contributed by atoms with Crippen LogP contribution in [0.2, 0.25) is 0 Å². The van der Waals surface area contributed by atoms with E-state index in [9.17, 15) is 13.2 Å². The Morgan fingerprint density at radius 2 is 1.64 bits per heavy atom. The largest absolute Gasteiger partial charge is 0.416 e. The number of hydrogen-bond donors (Lipinski definition) is 1. The second-order valence-electron chi connectivity index (χ2n) is 7.05. The normalized spacial score (nSPS) is 18.9. The summed E-state index contributed by atoms with van der Waals surface area (Å²) in [5.41, 5.74) is 10.2. The van der Waals surface area contributed by atoms with E-state index in [4.69, 9.17) is 10.5 Å². The van der Waals surface area contributed by atoms with Gasteiger partial charge in [0.15, 0.2) is 0 Å². The fourth-order valence-electron chi connectivity index (χ4n) is 3.62. The van der Waals surface area contributed by atoms with Crippen LogP contribution in [-0.4, -0.2) is 6.10 Å². The molecule has 0 fully saturated rings. The maximum Gasteiger partial charge on any atom is 0.416 e. The van der Waals surface area contributed by atoms with Crippen molar-refractivity contribution >= 4 is 0 Å². The van der Waals surface area contributed by atoms with E-state index in [0.717, 1.165) is 29.2 Å². The molecule has 0 aromatic heterocycles. The summed E-state index contributed by atoms with van der Waals surface area (Å²) in [7, 11) is 0. The van der Waals surface area contributed by atoms with Gasteiger partial charge in [-0.2, -0.15) is 13.2 Å². The van der Waals surface area contributed by atoms with E-state index in [1.165, 1.54) is 17.7 Å². The van der Waals surface area contributed by atoms with Crippen molar-refractivity contribution in [2.45, 2.75) is 31.3 Å². The minimum atomic E-state index is -4.35. The molecule has 2 N–H and O–H groups in total. The van der Waals surface area contributed by atoms with E-state index in [2.05, 4.69) is 6.07 Å². The molecule has 0 heterocycles. The monoisotopic (exact) mass is 383 g/mol. The summed E-state index contributed by atoms with van der Waals surface area (Å²) in [5.74, 6) is 0. The van der Waals surface area contributed by atoms with Crippen molar-refractivity contribution in [2.75, 3.05) is 0 Å². The van der Waals surface area contributed by atoms with Crippen molar-refractivity contribution in [2.24, 2.45) is 5.73 Å². The molecule has 1 aliphatic rings. The van der Waals surface area contributed by atoms with Gasteiger partial charge in [0.1, 0.15) is 0 Å². The molecule has 4 rings (SSSR count). The van der Waals surface area contributed by atoms with Crippen molar-refractivity contribution in [3.05, 3.63) is 95.1 Å². The molecule has 0 saturated heterocycles. The third-order valence-corrected chi connectivity index (χ3v) is 5.18. The third-order valence-electron chi connectivity index (χ3n) is 5.18. The maximum atomic E-state index is 12.9. The predicted octanol–water partition coefficient (Wildman–Crippen LogP) is 5.51. The van der Waals surface area contributed by atoms with Crippen LogP contribution in [0.3, 0.4) is 0 Å². The molecule has 0 spiro atoms. The quantitative estimate of drug-likeness (QED) is 0.644. The van der Waals surface area contributed by atoms with E-state index in [1.807, 2.05) is 42.5 Å². The number of fused-ring (bicyclic) bond motifs is 1. The number of halogens is 3. The Labute approximate surface area is 161 Å². The van der Waals surface area contributed by atoms with E-state index in [-0.39, 0.29) is 12.1 Å². The van der Waals surface area contributed by atoms with Crippen LogP contribution in [-0.2, 0) is 23.9 Å². The molecule has 0 saturated carbocycles. The summed E-state index contributed by atoms with van der Waals surface area (Å²) in [5, 5.41) is 0. The molecule has 28 heavy (non-hydrogen) atoms. The standard InChI is InChI=1S/C23H20F3NO/c24-23(25,26)19-6-3-5-17(12-19)16-10-8-15(9-11-16)14-28-21-13-18-4-1-2-7-20(18)22(21)27/h1-12,21-22H,13-14,27H2/t21-,22+/m0/s1. The highest BCUT2D eigenvalue weighted by molar-refractivity contribution is 5.64. The van der Waals surface area contributed by atoms with E-state index in [0.29, 0.717) is 12.2 Å². The molecule has 144 valence electrons. The topological polar surface area (TPSA) is 35.2 Å². The van der Waals surface area contributed by atoms with Gasteiger partial charge in [-0.1, -0.05) is 60.7 Å². The number of rotatable bonds is 4. The Morgan fingerprint density at radius 1 is 0.893 bits per heavy atom. The van der Waals surface area contributed by atoms with Crippen LogP contribution in [0.5, 0.6) is 0 Å². The zero-order valence-electron chi connectivity index (χ0n) is 15.1. The minimum Gasteiger partial charge on any atom is -0.371 e. The van der Waals surface area contributed by atoms with Crippen LogP contribution in [0.4, 0.5) is 13.2 Å². The first-order chi connectivity index (χ1) is 13.4. The average molecular weight is 383 g/mol. The summed E-state index contributed by atoms with van der Waals surface area (Å²) in [4.78, 5) is 0. The Balaban J connectivity index is 1.42. The number of alkyl halides is 3. The maximum absolute atomic E-state index is 12.9. The molecular weight excluding hydrogens is 363 g/mol. The number of benzene rings is 3. The zero-order chi connectivity index (χ0) is 19.7. The van der Waals surface area contributed by atoms with Gasteiger partial charge in [0, 0.05) is 6.42 Å². The second kappa shape index (κ2) is 7.41. The molecule has 2 nitrogen and oxygen atoms in total. The third kappa shape index (κ3) is 3.81. The highest BCUT2D eigenvalue weighted by atomic mass is 19.4. The Kier molecular flexibility index (Phi) is 4.96. The van der Waals surface area contributed by atoms with Crippen molar-refractivity contribution in [1.29, 1.82) is 0 Å². The molecule has 1 aliphatic carbocycles. The molecule has 3 aromatic rings. The lowest BCUT2D eigenvalue weighted by Gasteiger charge is -2.17. The van der Waals surface area contributed by atoms with Crippen LogP contribution in [0.25, 0.3) is 11.1 Å². The van der Waals surface area contributed by atoms with E-state index >= 15 is 0 Å². The average Bonchev–Trinajstić information content (AvgIpc) is 3.02. The van der Waals surface area contributed by atoms with Crippen LogP contribution in [0.15, 0.2) is 72.8 Å². The number of hydrogen-bond acceptors (Lipinski definition) is 2. The molecule has 0 amide bonds. The van der Waals surface area contributed by atoms with E-state index in [1.54, 1.807) is 6.07 Å². The minimum absolute atomic E-state index is 0.0689. The summed E-state index contributed by atoms with van der Waals surface area (Å²) in [6.07, 6.45) is -3.62. The van der Waals surface area contributed by atoms with Crippen molar-refractivity contribution < 1.29 is 17.9 Å². The first-order valence-corrected chi connectivity index (χ1v) is 9.13. The van der Waals surface area contributed by atoms with Gasteiger partial charge in [0.25, 0.3) is 0 Å². The Morgan fingerprint density at radius 3 is 2.36 bits per heavy atom. The first-order valence-electron chi connectivity index (χ1n) is 9.13. The highest BCUT2D eigenvalue weighted by Crippen LogP contribution is 2.33. The lowest BCUT2D eigenvalue weighted by molar-refractivity contribution is -0.137. The van der Waals surface area contributed by atoms with Gasteiger partial charge in [-0.05, 0) is 39.9 Å². The molecule has 0 bridgehead atoms. The zero-order valence-corrected chi connectivity index (χ0v) is 15.1. The van der Waals surface area contributed by atoms with Gasteiger partial charge in [-0.3, -0.25) is 0 Å². The van der Waals surface area contributed by atoms with Crippen LogP contribution in [0.1, 0.15) is 28.3 Å². The van der Waals surface area contributed by atoms with Crippen molar-refractivity contribution in [3.8, 4) is 11.1 Å². The Bertz CT molecular complexity index is 966. The molecule has 0 aliphatic heterocycles. The fourth-order valence-corrected chi connectivity index (χ4v) is 3.62. The summed E-state index contributed by atoms with van der Waals surface area (Å²) in [6.45, 7) is 0.412. The SMILES string of the molecule is N[C@@H]1c2ccccc2C[C@@H]1OCc1ccc(-c2cccc(C(F)(F)F)c2)cc1. The number of ether oxygens (including phenoxy) is 1. The van der Waals surface area contributed by atoms with Crippen LogP contribution >= 0.6 is 0 Å². The first kappa shape index (κ1) is 18.7. The highest BCUT2D eigenvalue weighted by Gasteiger charge is 2.31. The molecule has 0 radical (unpaired) electrons. The van der Waals surface area contributed by atoms with Gasteiger partial charge >= 0.3 is 6.18 Å². The van der Waals surface area contributed by atoms with Crippen LogP contribution in [0, 0.1) is 0 Å². The Hall–Kier alpha value is -2.63. The second-order valence-corrected chi connectivity index (χ2v) is 7.05. The van der Waals surface area contributed by atoms with Gasteiger partial charge in [0.2, 0.25) is 0 Å². The number of nitrogens with two attached hydrogens (primary N) is 1. The van der Waals surface area contributed by atoms with E-state index < -0.39 is 11.7 Å². The summed E-state index contributed by atoms with van der Waals surface area (Å²) in [6, 6.07) is 20.7. The van der Waals surface area contributed by atoms with Gasteiger partial charge < -0.3 is 10.5 Å². The fraction of sp³-hybridized carbons (Fsp3) is 0.217. The summed E-state index contributed by atoms with van der Waals surface area (Å²) >= 11 is 0. The van der Waals surface area contributed by atoms with Gasteiger partial charge in [-0.15, -0.1) is 0 Å². The van der Waals surface area contributed by atoms with Crippen molar-refractivity contribution in [3.63, 3.8) is 0 Å².